The second kappa shape index (κ2) is 16.2. The molecule has 1 aromatic rings. The first kappa shape index (κ1) is 27.8. The minimum atomic E-state index is -0.800. The summed E-state index contributed by atoms with van der Waals surface area (Å²) in [6, 6.07) is 1.28. The van der Waals surface area contributed by atoms with E-state index in [0.29, 0.717) is 13.0 Å². The zero-order chi connectivity index (χ0) is 23.9. The van der Waals surface area contributed by atoms with Crippen LogP contribution in [-0.4, -0.2) is 39.6 Å². The van der Waals surface area contributed by atoms with E-state index in [1.54, 1.807) is 0 Å². The normalized spacial score (nSPS) is 22.8. The summed E-state index contributed by atoms with van der Waals surface area (Å²) in [5.41, 5.74) is -1.01. The first-order chi connectivity index (χ1) is 16.1. The number of aliphatic hydroxyl groups is 1. The van der Waals surface area contributed by atoms with Crippen molar-refractivity contribution in [3.05, 3.63) is 33.1 Å². The molecule has 1 saturated heterocycles. The quantitative estimate of drug-likeness (QED) is 0.295. The van der Waals surface area contributed by atoms with Crippen molar-refractivity contribution < 1.29 is 14.6 Å². The van der Waals surface area contributed by atoms with Crippen LogP contribution in [0.2, 0.25) is 0 Å². The molecule has 0 saturated carbocycles. The van der Waals surface area contributed by atoms with Crippen LogP contribution in [0.4, 0.5) is 0 Å². The Morgan fingerprint density at radius 1 is 0.909 bits per heavy atom. The maximum Gasteiger partial charge on any atom is 0.330 e. The monoisotopic (exact) mass is 466 g/mol. The van der Waals surface area contributed by atoms with E-state index in [1.807, 2.05) is 6.92 Å². The highest BCUT2D eigenvalue weighted by molar-refractivity contribution is 4.93. The minimum Gasteiger partial charge on any atom is -0.388 e. The van der Waals surface area contributed by atoms with Crippen molar-refractivity contribution >= 4 is 0 Å². The van der Waals surface area contributed by atoms with Gasteiger partial charge < -0.3 is 14.6 Å². The average molecular weight is 467 g/mol. The van der Waals surface area contributed by atoms with Gasteiger partial charge in [-0.3, -0.25) is 14.3 Å². The van der Waals surface area contributed by atoms with Crippen LogP contribution < -0.4 is 11.2 Å². The van der Waals surface area contributed by atoms with Crippen LogP contribution in [0.15, 0.2) is 21.9 Å². The van der Waals surface area contributed by atoms with E-state index >= 15 is 0 Å². The van der Waals surface area contributed by atoms with Gasteiger partial charge in [0.05, 0.1) is 6.10 Å². The van der Waals surface area contributed by atoms with Crippen LogP contribution in [0.1, 0.15) is 116 Å². The number of aromatic amines is 1. The number of nitrogens with zero attached hydrogens (tertiary/aromatic N) is 1. The van der Waals surface area contributed by atoms with Crippen molar-refractivity contribution in [1.29, 1.82) is 0 Å². The Morgan fingerprint density at radius 3 is 1.97 bits per heavy atom. The van der Waals surface area contributed by atoms with Gasteiger partial charge in [-0.1, -0.05) is 97.3 Å². The second-order valence-electron chi connectivity index (χ2n) is 9.41. The summed E-state index contributed by atoms with van der Waals surface area (Å²) in [7, 11) is 0. The molecule has 2 N–H and O–H groups in total. The maximum absolute atomic E-state index is 12.2. The number of hydrogen-bond acceptors (Lipinski definition) is 5. The zero-order valence-corrected chi connectivity index (χ0v) is 20.8. The molecule has 7 nitrogen and oxygen atoms in total. The van der Waals surface area contributed by atoms with Gasteiger partial charge in [-0.05, 0) is 12.8 Å². The molecule has 33 heavy (non-hydrogen) atoms. The third-order valence-corrected chi connectivity index (χ3v) is 6.65. The highest BCUT2D eigenvalue weighted by Crippen LogP contribution is 2.32. The third kappa shape index (κ3) is 9.75. The molecule has 0 bridgehead atoms. The van der Waals surface area contributed by atoms with Crippen LogP contribution in [-0.2, 0) is 9.47 Å². The summed E-state index contributed by atoms with van der Waals surface area (Å²) in [5.74, 6) is 0. The van der Waals surface area contributed by atoms with E-state index in [0.717, 1.165) is 12.8 Å². The Bertz CT molecular complexity index is 747. The van der Waals surface area contributed by atoms with Crippen LogP contribution in [0, 0.1) is 0 Å². The lowest BCUT2D eigenvalue weighted by Crippen LogP contribution is -2.39. The van der Waals surface area contributed by atoms with Gasteiger partial charge in [0.25, 0.3) is 5.56 Å². The van der Waals surface area contributed by atoms with E-state index in [9.17, 15) is 14.7 Å². The van der Waals surface area contributed by atoms with Crippen molar-refractivity contribution in [3.63, 3.8) is 0 Å². The molecule has 0 radical (unpaired) electrons. The molecule has 190 valence electrons. The van der Waals surface area contributed by atoms with Crippen LogP contribution >= 0.6 is 0 Å². The van der Waals surface area contributed by atoms with Crippen molar-refractivity contribution in [3.8, 4) is 0 Å². The Balaban J connectivity index is 1.58. The van der Waals surface area contributed by atoms with Gasteiger partial charge in [0.1, 0.15) is 12.2 Å². The third-order valence-electron chi connectivity index (χ3n) is 6.65. The molecule has 1 aliphatic rings. The van der Waals surface area contributed by atoms with Gasteiger partial charge in [-0.2, -0.15) is 0 Å². The molecule has 4 atom stereocenters. The summed E-state index contributed by atoms with van der Waals surface area (Å²) in [6.45, 7) is 4.71. The first-order valence-electron chi connectivity index (χ1n) is 13.3. The lowest BCUT2D eigenvalue weighted by molar-refractivity contribution is -0.0714. The number of ether oxygens (including phenoxy) is 2. The van der Waals surface area contributed by atoms with Gasteiger partial charge in [-0.25, -0.2) is 4.79 Å². The molecule has 2 heterocycles. The lowest BCUT2D eigenvalue weighted by atomic mass is 10.0. The molecular formula is C26H46N2O5. The molecule has 0 aliphatic carbocycles. The molecule has 0 spiro atoms. The fourth-order valence-electron chi connectivity index (χ4n) is 4.60. The molecule has 0 amide bonds. The Morgan fingerprint density at radius 2 is 1.45 bits per heavy atom. The fourth-order valence-corrected chi connectivity index (χ4v) is 4.60. The van der Waals surface area contributed by atoms with Gasteiger partial charge in [0.15, 0.2) is 6.23 Å². The van der Waals surface area contributed by atoms with Crippen molar-refractivity contribution in [2.75, 3.05) is 6.61 Å². The number of rotatable bonds is 18. The number of aromatic nitrogens is 2. The summed E-state index contributed by atoms with van der Waals surface area (Å²) in [5, 5.41) is 10.6. The van der Waals surface area contributed by atoms with E-state index in [4.69, 9.17) is 9.47 Å². The number of H-pyrrole nitrogens is 1. The Kier molecular flexibility index (Phi) is 13.7. The SMILES string of the molecule is CCCCCCCCCCCCCCCCOC1C(O)C(CC)OC1n1ccc(=O)[nH]c1=O. The Labute approximate surface area is 198 Å². The topological polar surface area (TPSA) is 93.5 Å². The van der Waals surface area contributed by atoms with Crippen LogP contribution in [0.25, 0.3) is 0 Å². The predicted octanol–water partition coefficient (Wildman–Crippen LogP) is 5.07. The van der Waals surface area contributed by atoms with Gasteiger partial charge in [0.2, 0.25) is 0 Å². The zero-order valence-electron chi connectivity index (χ0n) is 20.8. The smallest absolute Gasteiger partial charge is 0.330 e. The molecule has 1 fully saturated rings. The first-order valence-corrected chi connectivity index (χ1v) is 13.3. The molecule has 7 heteroatoms. The highest BCUT2D eigenvalue weighted by Gasteiger charge is 2.44. The Hall–Kier alpha value is -1.44. The number of hydrogen-bond donors (Lipinski definition) is 2. The van der Waals surface area contributed by atoms with E-state index < -0.39 is 35.8 Å². The molecule has 1 aromatic heterocycles. The summed E-state index contributed by atoms with van der Waals surface area (Å²) in [4.78, 5) is 25.8. The van der Waals surface area contributed by atoms with E-state index in [2.05, 4.69) is 11.9 Å². The van der Waals surface area contributed by atoms with E-state index in [-0.39, 0.29) is 0 Å². The van der Waals surface area contributed by atoms with Gasteiger partial charge >= 0.3 is 5.69 Å². The molecule has 1 aliphatic heterocycles. The fraction of sp³-hybridized carbons (Fsp3) is 0.846. The molecule has 2 rings (SSSR count). The standard InChI is InChI=1S/C26H46N2O5/c1-3-5-6-7-8-9-10-11-12-13-14-15-16-17-20-32-24-23(30)21(4-2)33-25(24)28-19-18-22(29)27-26(28)31/h18-19,21,23-25,30H,3-17,20H2,1-2H3,(H,27,29,31). The minimum absolute atomic E-state index is 0.393. The van der Waals surface area contributed by atoms with Crippen LogP contribution in [0.5, 0.6) is 0 Å². The van der Waals surface area contributed by atoms with Crippen LogP contribution in [0.3, 0.4) is 0 Å². The average Bonchev–Trinajstić information content (AvgIpc) is 3.11. The largest absolute Gasteiger partial charge is 0.388 e. The summed E-state index contributed by atoms with van der Waals surface area (Å²) in [6.07, 6.45) is 17.6. The van der Waals surface area contributed by atoms with Gasteiger partial charge in [-0.15, -0.1) is 0 Å². The lowest BCUT2D eigenvalue weighted by Gasteiger charge is -2.22. The number of aliphatic hydroxyl groups excluding tert-OH is 1. The maximum atomic E-state index is 12.2. The number of unbranched alkanes of at least 4 members (excludes halogenated alkanes) is 13. The van der Waals surface area contributed by atoms with Gasteiger partial charge in [0, 0.05) is 18.9 Å². The van der Waals surface area contributed by atoms with Crippen molar-refractivity contribution in [2.24, 2.45) is 0 Å². The van der Waals surface area contributed by atoms with Crippen molar-refractivity contribution in [2.45, 2.75) is 135 Å². The highest BCUT2D eigenvalue weighted by atomic mass is 16.6. The molecule has 0 aromatic carbocycles. The van der Waals surface area contributed by atoms with Crippen molar-refractivity contribution in [1.82, 2.24) is 9.55 Å². The number of nitrogens with one attached hydrogen (secondary N) is 1. The summed E-state index contributed by atoms with van der Waals surface area (Å²) >= 11 is 0. The summed E-state index contributed by atoms with van der Waals surface area (Å²) < 4.78 is 13.2. The van der Waals surface area contributed by atoms with E-state index in [1.165, 1.54) is 93.9 Å². The molecule has 4 unspecified atom stereocenters. The predicted molar refractivity (Wildman–Crippen MR) is 132 cm³/mol. The molecular weight excluding hydrogens is 420 g/mol. The second-order valence-corrected chi connectivity index (χ2v) is 9.41.